The zero-order valence-corrected chi connectivity index (χ0v) is 15.6. The molecule has 0 fully saturated rings. The predicted molar refractivity (Wildman–Crippen MR) is 105 cm³/mol. The Hall–Kier alpha value is -3.20. The van der Waals surface area contributed by atoms with Gasteiger partial charge in [-0.1, -0.05) is 36.0 Å². The van der Waals surface area contributed by atoms with Crippen molar-refractivity contribution in [1.82, 2.24) is 30.5 Å². The van der Waals surface area contributed by atoms with E-state index in [-0.39, 0.29) is 17.5 Å². The lowest BCUT2D eigenvalue weighted by Crippen LogP contribution is -2.27. The zero-order chi connectivity index (χ0) is 19.3. The van der Waals surface area contributed by atoms with Crippen molar-refractivity contribution in [3.05, 3.63) is 66.1 Å². The third kappa shape index (κ3) is 4.04. The molecule has 2 heterocycles. The number of carbonyl (C=O) groups excluding carboxylic acids is 1. The monoisotopic (exact) mass is 396 g/mol. The van der Waals surface area contributed by atoms with E-state index < -0.39 is 0 Å². The van der Waals surface area contributed by atoms with Crippen molar-refractivity contribution in [1.29, 1.82) is 0 Å². The second-order valence-corrected chi connectivity index (χ2v) is 7.04. The molecule has 2 aromatic heterocycles. The van der Waals surface area contributed by atoms with E-state index in [0.717, 1.165) is 11.9 Å². The molecule has 142 valence electrons. The summed E-state index contributed by atoms with van der Waals surface area (Å²) in [6.07, 6.45) is 2.71. The smallest absolute Gasteiger partial charge is 0.230 e. The van der Waals surface area contributed by atoms with Gasteiger partial charge in [-0.15, -0.1) is 5.10 Å². The van der Waals surface area contributed by atoms with Gasteiger partial charge in [0.15, 0.2) is 0 Å². The Morgan fingerprint density at radius 1 is 1.21 bits per heavy atom. The Bertz CT molecular complexity index is 1110. The van der Waals surface area contributed by atoms with E-state index in [1.807, 2.05) is 24.4 Å². The minimum Gasteiger partial charge on any atom is -0.361 e. The molecular weight excluding hydrogens is 379 g/mol. The van der Waals surface area contributed by atoms with E-state index >= 15 is 0 Å². The number of carbonyl (C=O) groups is 1. The molecule has 9 heteroatoms. The van der Waals surface area contributed by atoms with Crippen LogP contribution in [0.4, 0.5) is 4.39 Å². The van der Waals surface area contributed by atoms with Gasteiger partial charge in [-0.3, -0.25) is 4.79 Å². The van der Waals surface area contributed by atoms with Gasteiger partial charge < -0.3 is 10.3 Å². The number of tetrazole rings is 1. The number of aromatic amines is 1. The van der Waals surface area contributed by atoms with Crippen LogP contribution in [0.2, 0.25) is 0 Å². The summed E-state index contributed by atoms with van der Waals surface area (Å²) >= 11 is 1.20. The highest BCUT2D eigenvalue weighted by molar-refractivity contribution is 7.99. The molecule has 1 amide bonds. The lowest BCUT2D eigenvalue weighted by atomic mass is 10.1. The fourth-order valence-electron chi connectivity index (χ4n) is 2.90. The van der Waals surface area contributed by atoms with Gasteiger partial charge in [-0.05, 0) is 46.7 Å². The molecule has 0 atom stereocenters. The highest BCUT2D eigenvalue weighted by atomic mass is 32.2. The molecular formula is C19H17FN6OS. The first-order valence-electron chi connectivity index (χ1n) is 8.69. The standard InChI is InChI=1S/C19H17FN6OS/c20-14-4-3-5-15(10-14)26-19(23-24-25-26)28-12-18(27)21-9-8-13-11-22-17-7-2-1-6-16(13)17/h1-7,10-11,22H,8-9,12H2,(H,21,27). The Labute approximate surface area is 164 Å². The van der Waals surface area contributed by atoms with E-state index in [2.05, 4.69) is 31.9 Å². The van der Waals surface area contributed by atoms with E-state index in [9.17, 15) is 9.18 Å². The van der Waals surface area contributed by atoms with Gasteiger partial charge >= 0.3 is 0 Å². The highest BCUT2D eigenvalue weighted by Crippen LogP contribution is 2.19. The normalized spacial score (nSPS) is 11.0. The van der Waals surface area contributed by atoms with Crippen LogP contribution < -0.4 is 5.32 Å². The third-order valence-electron chi connectivity index (χ3n) is 4.22. The van der Waals surface area contributed by atoms with Crippen LogP contribution in [0.15, 0.2) is 59.9 Å². The number of H-pyrrole nitrogens is 1. The average Bonchev–Trinajstić information content (AvgIpc) is 3.34. The first-order valence-corrected chi connectivity index (χ1v) is 9.68. The highest BCUT2D eigenvalue weighted by Gasteiger charge is 2.12. The number of para-hydroxylation sites is 1. The second-order valence-electron chi connectivity index (χ2n) is 6.10. The van der Waals surface area contributed by atoms with Crippen LogP contribution in [0.5, 0.6) is 0 Å². The SMILES string of the molecule is O=C(CSc1nnnn1-c1cccc(F)c1)NCCc1c[nH]c2ccccc12. The zero-order valence-electron chi connectivity index (χ0n) is 14.8. The van der Waals surface area contributed by atoms with E-state index in [0.29, 0.717) is 17.4 Å². The van der Waals surface area contributed by atoms with Crippen LogP contribution in [0, 0.1) is 5.82 Å². The number of aromatic nitrogens is 5. The molecule has 2 aromatic carbocycles. The molecule has 0 aliphatic carbocycles. The summed E-state index contributed by atoms with van der Waals surface area (Å²) < 4.78 is 14.8. The fourth-order valence-corrected chi connectivity index (χ4v) is 3.62. The van der Waals surface area contributed by atoms with Crippen LogP contribution in [0.3, 0.4) is 0 Å². The Balaban J connectivity index is 1.30. The van der Waals surface area contributed by atoms with Gasteiger partial charge in [0.2, 0.25) is 11.1 Å². The molecule has 0 bridgehead atoms. The number of fused-ring (bicyclic) bond motifs is 1. The number of amides is 1. The second kappa shape index (κ2) is 8.22. The van der Waals surface area contributed by atoms with Gasteiger partial charge in [0.1, 0.15) is 5.82 Å². The van der Waals surface area contributed by atoms with Crippen LogP contribution in [-0.2, 0) is 11.2 Å². The summed E-state index contributed by atoms with van der Waals surface area (Å²) in [4.78, 5) is 15.4. The largest absolute Gasteiger partial charge is 0.361 e. The van der Waals surface area contributed by atoms with Crippen molar-refractivity contribution in [3.8, 4) is 5.69 Å². The average molecular weight is 396 g/mol. The van der Waals surface area contributed by atoms with Gasteiger partial charge in [-0.2, -0.15) is 4.68 Å². The van der Waals surface area contributed by atoms with Crippen molar-refractivity contribution in [3.63, 3.8) is 0 Å². The topological polar surface area (TPSA) is 88.5 Å². The minimum atomic E-state index is -0.376. The van der Waals surface area contributed by atoms with Crippen LogP contribution in [0.1, 0.15) is 5.56 Å². The Morgan fingerprint density at radius 2 is 2.11 bits per heavy atom. The van der Waals surface area contributed by atoms with Crippen LogP contribution >= 0.6 is 11.8 Å². The molecule has 28 heavy (non-hydrogen) atoms. The molecule has 0 aliphatic rings. The number of benzene rings is 2. The number of nitrogens with zero attached hydrogens (tertiary/aromatic N) is 4. The van der Waals surface area contributed by atoms with E-state index in [1.54, 1.807) is 12.1 Å². The molecule has 7 nitrogen and oxygen atoms in total. The summed E-state index contributed by atoms with van der Waals surface area (Å²) in [6, 6.07) is 14.0. The maximum Gasteiger partial charge on any atom is 0.230 e. The molecule has 4 aromatic rings. The van der Waals surface area contributed by atoms with Gasteiger partial charge in [0.25, 0.3) is 0 Å². The number of hydrogen-bond acceptors (Lipinski definition) is 5. The van der Waals surface area contributed by atoms with E-state index in [4.69, 9.17) is 0 Å². The number of rotatable bonds is 7. The van der Waals surface area contributed by atoms with Crippen molar-refractivity contribution in [2.24, 2.45) is 0 Å². The van der Waals surface area contributed by atoms with E-state index in [1.165, 1.54) is 39.5 Å². The van der Waals surface area contributed by atoms with Crippen molar-refractivity contribution in [2.75, 3.05) is 12.3 Å². The maximum atomic E-state index is 13.4. The Morgan fingerprint density at radius 3 is 3.00 bits per heavy atom. The number of nitrogens with one attached hydrogen (secondary N) is 2. The van der Waals surface area contributed by atoms with Crippen molar-refractivity contribution >= 4 is 28.6 Å². The molecule has 0 radical (unpaired) electrons. The molecule has 0 saturated heterocycles. The maximum absolute atomic E-state index is 13.4. The van der Waals surface area contributed by atoms with Crippen LogP contribution in [0.25, 0.3) is 16.6 Å². The van der Waals surface area contributed by atoms with Gasteiger partial charge in [0.05, 0.1) is 11.4 Å². The van der Waals surface area contributed by atoms with Crippen molar-refractivity contribution < 1.29 is 9.18 Å². The summed E-state index contributed by atoms with van der Waals surface area (Å²) in [5.74, 6) is -0.318. The number of thioether (sulfide) groups is 1. The minimum absolute atomic E-state index is 0.112. The lowest BCUT2D eigenvalue weighted by molar-refractivity contribution is -0.118. The molecule has 0 unspecified atom stereocenters. The first kappa shape index (κ1) is 18.2. The van der Waals surface area contributed by atoms with Crippen molar-refractivity contribution in [2.45, 2.75) is 11.6 Å². The lowest BCUT2D eigenvalue weighted by Gasteiger charge is -2.06. The summed E-state index contributed by atoms with van der Waals surface area (Å²) in [6.45, 7) is 0.538. The van der Waals surface area contributed by atoms with Gasteiger partial charge in [-0.25, -0.2) is 4.39 Å². The molecule has 0 saturated carbocycles. The molecule has 0 aliphatic heterocycles. The van der Waals surface area contributed by atoms with Crippen LogP contribution in [-0.4, -0.2) is 43.4 Å². The van der Waals surface area contributed by atoms with Gasteiger partial charge in [0, 0.05) is 23.6 Å². The summed E-state index contributed by atoms with van der Waals surface area (Å²) in [7, 11) is 0. The first-order chi connectivity index (χ1) is 13.7. The molecule has 2 N–H and O–H groups in total. The molecule has 4 rings (SSSR count). The third-order valence-corrected chi connectivity index (χ3v) is 5.14. The number of hydrogen-bond donors (Lipinski definition) is 2. The Kier molecular flexibility index (Phi) is 5.34. The quantitative estimate of drug-likeness (QED) is 0.469. The summed E-state index contributed by atoms with van der Waals surface area (Å²) in [5, 5.41) is 15.9. The fraction of sp³-hybridized carbons (Fsp3) is 0.158. The number of halogens is 1. The summed E-state index contributed by atoms with van der Waals surface area (Å²) in [5.41, 5.74) is 2.76. The molecule has 0 spiro atoms. The predicted octanol–water partition coefficient (Wildman–Crippen LogP) is 2.73.